The van der Waals surface area contributed by atoms with E-state index in [-0.39, 0.29) is 11.5 Å². The Morgan fingerprint density at radius 2 is 2.05 bits per heavy atom. The van der Waals surface area contributed by atoms with Gasteiger partial charge in [0.05, 0.1) is 3.79 Å². The van der Waals surface area contributed by atoms with E-state index in [0.717, 1.165) is 8.66 Å². The van der Waals surface area contributed by atoms with Crippen molar-refractivity contribution in [1.29, 1.82) is 0 Å². The molecule has 20 heavy (non-hydrogen) atoms. The summed E-state index contributed by atoms with van der Waals surface area (Å²) < 4.78 is 0.992. The lowest BCUT2D eigenvalue weighted by atomic mass is 10.1. The fourth-order valence-electron chi connectivity index (χ4n) is 1.99. The van der Waals surface area contributed by atoms with Crippen molar-refractivity contribution in [3.8, 4) is 0 Å². The van der Waals surface area contributed by atoms with Crippen LogP contribution in [0.4, 0.5) is 0 Å². The lowest BCUT2D eigenvalue weighted by Crippen LogP contribution is -2.01. The van der Waals surface area contributed by atoms with Gasteiger partial charge in [0, 0.05) is 16.1 Å². The Kier molecular flexibility index (Phi) is 4.25. The average molecular weight is 354 g/mol. The van der Waals surface area contributed by atoms with Crippen LogP contribution in [0, 0.1) is 13.8 Å². The number of rotatable bonds is 4. The van der Waals surface area contributed by atoms with Crippen molar-refractivity contribution in [2.75, 3.05) is 0 Å². The third-order valence-electron chi connectivity index (χ3n) is 2.89. The second kappa shape index (κ2) is 5.76. The highest BCUT2D eigenvalue weighted by Crippen LogP contribution is 2.24. The van der Waals surface area contributed by atoms with Crippen molar-refractivity contribution >= 4 is 45.1 Å². The first kappa shape index (κ1) is 14.7. The number of allylic oxidation sites excluding steroid dienone is 1. The molecule has 0 aliphatic carbocycles. The smallest absolute Gasteiger partial charge is 0.352 e. The molecule has 0 aromatic carbocycles. The number of aryl methyl sites for hydroxylation is 1. The maximum Gasteiger partial charge on any atom is 0.352 e. The molecule has 2 aromatic heterocycles. The molecule has 0 radical (unpaired) electrons. The van der Waals surface area contributed by atoms with E-state index in [1.54, 1.807) is 19.9 Å². The third kappa shape index (κ3) is 2.91. The third-order valence-corrected chi connectivity index (χ3v) is 4.48. The number of carbonyl (C=O) groups is 2. The minimum Gasteiger partial charge on any atom is -0.477 e. The quantitative estimate of drug-likeness (QED) is 0.643. The number of hydrogen-bond donors (Lipinski definition) is 2. The van der Waals surface area contributed by atoms with E-state index < -0.39 is 5.97 Å². The molecule has 0 atom stereocenters. The minimum atomic E-state index is -1.06. The molecule has 0 aliphatic heterocycles. The number of carboxylic acid groups (broad SMARTS) is 1. The van der Waals surface area contributed by atoms with Crippen molar-refractivity contribution in [3.05, 3.63) is 49.4 Å². The van der Waals surface area contributed by atoms with Gasteiger partial charge in [-0.1, -0.05) is 0 Å². The molecule has 4 nitrogen and oxygen atoms in total. The fraction of sp³-hybridized carbons (Fsp3) is 0.143. The van der Waals surface area contributed by atoms with Gasteiger partial charge in [-0.25, -0.2) is 4.79 Å². The van der Waals surface area contributed by atoms with Crippen LogP contribution in [0.1, 0.15) is 37.0 Å². The molecular formula is C14H12BrNO3S. The Labute approximate surface area is 128 Å². The van der Waals surface area contributed by atoms with Crippen LogP contribution in [0.3, 0.4) is 0 Å². The predicted molar refractivity (Wildman–Crippen MR) is 82.6 cm³/mol. The minimum absolute atomic E-state index is 0.0677. The van der Waals surface area contributed by atoms with Crippen molar-refractivity contribution in [2.24, 2.45) is 0 Å². The maximum atomic E-state index is 12.2. The first-order valence-electron chi connectivity index (χ1n) is 5.80. The molecule has 0 spiro atoms. The Morgan fingerprint density at radius 3 is 2.55 bits per heavy atom. The summed E-state index contributed by atoms with van der Waals surface area (Å²) in [5.74, 6) is -1.26. The van der Waals surface area contributed by atoms with E-state index in [1.165, 1.54) is 17.4 Å². The molecule has 2 N–H and O–H groups in total. The molecule has 0 amide bonds. The van der Waals surface area contributed by atoms with E-state index >= 15 is 0 Å². The van der Waals surface area contributed by atoms with Crippen molar-refractivity contribution in [1.82, 2.24) is 4.98 Å². The zero-order valence-corrected chi connectivity index (χ0v) is 13.3. The van der Waals surface area contributed by atoms with Crippen LogP contribution in [0.2, 0.25) is 0 Å². The van der Waals surface area contributed by atoms with Crippen molar-refractivity contribution in [2.45, 2.75) is 13.8 Å². The largest absolute Gasteiger partial charge is 0.477 e. The standard InChI is InChI=1S/C14H12BrNO3S/c1-7-12(8(2)16-13(7)14(18)19)10(17)5-3-9-4-6-11(15)20-9/h3-6,16H,1-2H3,(H,18,19)/b5-3+. The maximum absolute atomic E-state index is 12.2. The number of H-pyrrole nitrogens is 1. The molecule has 0 fully saturated rings. The van der Waals surface area contributed by atoms with Gasteiger partial charge in [-0.15, -0.1) is 11.3 Å². The van der Waals surface area contributed by atoms with Crippen LogP contribution in [-0.2, 0) is 0 Å². The van der Waals surface area contributed by atoms with Gasteiger partial charge in [0.15, 0.2) is 5.78 Å². The summed E-state index contributed by atoms with van der Waals surface area (Å²) in [6.07, 6.45) is 3.19. The molecule has 2 heterocycles. The first-order valence-corrected chi connectivity index (χ1v) is 7.41. The Balaban J connectivity index is 2.30. The SMILES string of the molecule is Cc1[nH]c(C(=O)O)c(C)c1C(=O)/C=C/c1ccc(Br)s1. The second-order valence-corrected chi connectivity index (χ2v) is 6.76. The molecule has 0 aliphatic rings. The van der Waals surface area contributed by atoms with Gasteiger partial charge < -0.3 is 10.1 Å². The number of ketones is 1. The first-order chi connectivity index (χ1) is 9.40. The van der Waals surface area contributed by atoms with Crippen LogP contribution >= 0.6 is 27.3 Å². The molecule has 2 aromatic rings. The zero-order chi connectivity index (χ0) is 14.9. The molecule has 0 saturated heterocycles. The summed E-state index contributed by atoms with van der Waals surface area (Å²) in [4.78, 5) is 26.9. The highest BCUT2D eigenvalue weighted by atomic mass is 79.9. The van der Waals surface area contributed by atoms with Crippen LogP contribution in [0.15, 0.2) is 22.0 Å². The van der Waals surface area contributed by atoms with Gasteiger partial charge >= 0.3 is 5.97 Å². The van der Waals surface area contributed by atoms with Gasteiger partial charge in [-0.2, -0.15) is 0 Å². The van der Waals surface area contributed by atoms with Gasteiger partial charge in [-0.3, -0.25) is 4.79 Å². The number of nitrogens with one attached hydrogen (secondary N) is 1. The Bertz CT molecular complexity index is 712. The molecule has 104 valence electrons. The zero-order valence-electron chi connectivity index (χ0n) is 10.9. The van der Waals surface area contributed by atoms with Crippen LogP contribution in [0.5, 0.6) is 0 Å². The summed E-state index contributed by atoms with van der Waals surface area (Å²) in [5.41, 5.74) is 1.53. The summed E-state index contributed by atoms with van der Waals surface area (Å²) in [6, 6.07) is 3.81. The lowest BCUT2D eigenvalue weighted by molar-refractivity contribution is 0.0690. The van der Waals surface area contributed by atoms with Gasteiger partial charge in [0.25, 0.3) is 0 Å². The van der Waals surface area contributed by atoms with Gasteiger partial charge in [0.1, 0.15) is 5.69 Å². The van der Waals surface area contributed by atoms with E-state index in [4.69, 9.17) is 5.11 Å². The topological polar surface area (TPSA) is 70.2 Å². The number of carbonyl (C=O) groups excluding carboxylic acids is 1. The number of aromatic amines is 1. The number of carboxylic acids is 1. The fourth-order valence-corrected chi connectivity index (χ4v) is 3.32. The van der Waals surface area contributed by atoms with E-state index in [1.807, 2.05) is 12.1 Å². The Morgan fingerprint density at radius 1 is 1.35 bits per heavy atom. The number of hydrogen-bond acceptors (Lipinski definition) is 3. The van der Waals surface area contributed by atoms with Gasteiger partial charge in [0.2, 0.25) is 0 Å². The highest BCUT2D eigenvalue weighted by Gasteiger charge is 2.19. The molecular weight excluding hydrogens is 342 g/mol. The summed E-state index contributed by atoms with van der Waals surface area (Å²) in [5, 5.41) is 9.03. The second-order valence-electron chi connectivity index (χ2n) is 4.27. The molecule has 2 rings (SSSR count). The summed E-state index contributed by atoms with van der Waals surface area (Å²) >= 11 is 4.88. The lowest BCUT2D eigenvalue weighted by Gasteiger charge is -1.96. The molecule has 6 heteroatoms. The summed E-state index contributed by atoms with van der Waals surface area (Å²) in [6.45, 7) is 3.33. The van der Waals surface area contributed by atoms with Crippen molar-refractivity contribution in [3.63, 3.8) is 0 Å². The summed E-state index contributed by atoms with van der Waals surface area (Å²) in [7, 11) is 0. The molecule has 0 unspecified atom stereocenters. The van der Waals surface area contributed by atoms with E-state index in [2.05, 4.69) is 20.9 Å². The number of aromatic nitrogens is 1. The Hall–Kier alpha value is -1.66. The van der Waals surface area contributed by atoms with Gasteiger partial charge in [-0.05, 0) is 59.6 Å². The van der Waals surface area contributed by atoms with E-state index in [0.29, 0.717) is 16.8 Å². The molecule has 0 saturated carbocycles. The highest BCUT2D eigenvalue weighted by molar-refractivity contribution is 9.11. The molecule has 0 bridgehead atoms. The van der Waals surface area contributed by atoms with Crippen molar-refractivity contribution < 1.29 is 14.7 Å². The van der Waals surface area contributed by atoms with E-state index in [9.17, 15) is 9.59 Å². The van der Waals surface area contributed by atoms with Crippen LogP contribution in [0.25, 0.3) is 6.08 Å². The monoisotopic (exact) mass is 353 g/mol. The van der Waals surface area contributed by atoms with Crippen LogP contribution in [-0.4, -0.2) is 21.8 Å². The number of aromatic carboxylic acids is 1. The normalized spacial score (nSPS) is 11.2. The predicted octanol–water partition coefficient (Wildman–Crippen LogP) is 4.05. The average Bonchev–Trinajstić information content (AvgIpc) is 2.91. The van der Waals surface area contributed by atoms with Crippen LogP contribution < -0.4 is 0 Å². The number of thiophene rings is 1. The number of halogens is 1.